The number of hydrogen-bond acceptors (Lipinski definition) is 7. The number of carbonyl (C=O) groups is 2. The van der Waals surface area contributed by atoms with E-state index in [0.29, 0.717) is 22.5 Å². The predicted molar refractivity (Wildman–Crippen MR) is 159 cm³/mol. The molecule has 4 aromatic rings. The number of ether oxygens (including phenoxy) is 1. The van der Waals surface area contributed by atoms with Crippen LogP contribution in [-0.2, 0) is 17.5 Å². The fourth-order valence-corrected chi connectivity index (χ4v) is 3.84. The lowest BCUT2D eigenvalue weighted by molar-refractivity contribution is -0.141. The monoisotopic (exact) mass is 610 g/mol. The van der Waals surface area contributed by atoms with E-state index in [1.165, 1.54) is 55.4 Å². The molecule has 1 heterocycles. The van der Waals surface area contributed by atoms with Crippen LogP contribution in [0.15, 0.2) is 79.0 Å². The number of aliphatic hydroxyl groups excluding tert-OH is 1. The van der Waals surface area contributed by atoms with E-state index in [9.17, 15) is 27.9 Å². The van der Waals surface area contributed by atoms with Crippen molar-refractivity contribution in [3.05, 3.63) is 107 Å². The zero-order chi connectivity index (χ0) is 32.8. The number of nitrogens with one attached hydrogen (secondary N) is 1. The number of anilines is 1. The average Bonchev–Trinajstić information content (AvgIpc) is 3.47. The van der Waals surface area contributed by atoms with Gasteiger partial charge in [-0.2, -0.15) is 18.3 Å². The quantitative estimate of drug-likeness (QED) is 0.171. The molecule has 232 valence electrons. The summed E-state index contributed by atoms with van der Waals surface area (Å²) in [6.45, 7) is 7.00. The SMILES string of the molecule is CC(=N)c1ccc(N(C)C(=O)c2cccc(-n3ccc(C(F)(F)F)n3)c2)cc1O.CC(C)(C)OC(=O)c1ccc(CO)cc1. The van der Waals surface area contributed by atoms with Crippen molar-refractivity contribution in [2.45, 2.75) is 46.1 Å². The van der Waals surface area contributed by atoms with E-state index in [1.54, 1.807) is 36.4 Å². The van der Waals surface area contributed by atoms with Crippen molar-refractivity contribution < 1.29 is 37.7 Å². The number of esters is 1. The molecule has 44 heavy (non-hydrogen) atoms. The van der Waals surface area contributed by atoms with Gasteiger partial charge in [0.25, 0.3) is 5.91 Å². The van der Waals surface area contributed by atoms with E-state index in [0.717, 1.165) is 16.3 Å². The first-order valence-electron chi connectivity index (χ1n) is 13.3. The summed E-state index contributed by atoms with van der Waals surface area (Å²) in [5.41, 5.74) is 1.27. The van der Waals surface area contributed by atoms with Crippen LogP contribution in [-0.4, -0.2) is 50.2 Å². The van der Waals surface area contributed by atoms with Gasteiger partial charge in [0.15, 0.2) is 5.69 Å². The van der Waals surface area contributed by atoms with Crippen molar-refractivity contribution in [3.8, 4) is 11.4 Å². The molecule has 0 spiro atoms. The molecule has 12 heteroatoms. The molecule has 0 unspecified atom stereocenters. The second kappa shape index (κ2) is 13.6. The Morgan fingerprint density at radius 1 is 0.977 bits per heavy atom. The smallest absolute Gasteiger partial charge is 0.435 e. The van der Waals surface area contributed by atoms with E-state index in [-0.39, 0.29) is 29.6 Å². The van der Waals surface area contributed by atoms with Gasteiger partial charge in [-0.05, 0) is 81.8 Å². The number of aromatic nitrogens is 2. The van der Waals surface area contributed by atoms with Gasteiger partial charge in [0.1, 0.15) is 11.4 Å². The van der Waals surface area contributed by atoms with Crippen LogP contribution in [0.4, 0.5) is 18.9 Å². The minimum absolute atomic E-state index is 0.0192. The highest BCUT2D eigenvalue weighted by Crippen LogP contribution is 2.29. The van der Waals surface area contributed by atoms with Crippen LogP contribution < -0.4 is 4.90 Å². The number of carbonyl (C=O) groups excluding carboxylic acids is 2. The number of rotatable bonds is 6. The molecule has 1 amide bonds. The zero-order valence-corrected chi connectivity index (χ0v) is 24.8. The van der Waals surface area contributed by atoms with E-state index < -0.39 is 23.4 Å². The second-order valence-electron chi connectivity index (χ2n) is 10.7. The number of benzene rings is 3. The number of nitrogens with zero attached hydrogens (tertiary/aromatic N) is 3. The van der Waals surface area contributed by atoms with Crippen LogP contribution in [0, 0.1) is 5.41 Å². The minimum Gasteiger partial charge on any atom is -0.507 e. The summed E-state index contributed by atoms with van der Waals surface area (Å²) >= 11 is 0. The van der Waals surface area contributed by atoms with Crippen LogP contribution in [0.5, 0.6) is 5.75 Å². The molecular formula is C32H33F3N4O5. The highest BCUT2D eigenvalue weighted by molar-refractivity contribution is 6.06. The van der Waals surface area contributed by atoms with E-state index >= 15 is 0 Å². The molecule has 9 nitrogen and oxygen atoms in total. The molecule has 0 saturated carbocycles. The molecule has 1 aromatic heterocycles. The highest BCUT2D eigenvalue weighted by Gasteiger charge is 2.33. The lowest BCUT2D eigenvalue weighted by Gasteiger charge is -2.19. The Morgan fingerprint density at radius 3 is 2.16 bits per heavy atom. The lowest BCUT2D eigenvalue weighted by atomic mass is 10.1. The number of phenolic OH excluding ortho intramolecular Hbond substituents is 1. The molecule has 0 atom stereocenters. The molecule has 0 radical (unpaired) electrons. The number of amides is 1. The maximum Gasteiger partial charge on any atom is 0.435 e. The standard InChI is InChI=1S/C20H17F3N4O2.C12H16O3/c1-12(24)16-7-6-14(11-17(16)28)26(2)19(29)13-4-3-5-15(10-13)27-9-8-18(25-27)20(21,22)23;1-12(2,3)15-11(14)10-6-4-9(8-13)5-7-10/h3-11,24,28H,1-2H3;4-7,13H,8H2,1-3H3. The van der Waals surface area contributed by atoms with Gasteiger partial charge in [-0.15, -0.1) is 0 Å². The van der Waals surface area contributed by atoms with Gasteiger partial charge < -0.3 is 25.3 Å². The first-order valence-corrected chi connectivity index (χ1v) is 13.3. The molecule has 0 saturated heterocycles. The average molecular weight is 611 g/mol. The van der Waals surface area contributed by atoms with Gasteiger partial charge in [-0.25, -0.2) is 9.48 Å². The molecule has 0 aliphatic rings. The third kappa shape index (κ3) is 8.77. The summed E-state index contributed by atoms with van der Waals surface area (Å²) < 4.78 is 44.5. The molecule has 0 fully saturated rings. The zero-order valence-electron chi connectivity index (χ0n) is 24.8. The summed E-state index contributed by atoms with van der Waals surface area (Å²) in [6.07, 6.45) is -3.38. The van der Waals surface area contributed by atoms with Gasteiger partial charge in [-0.3, -0.25) is 4.79 Å². The summed E-state index contributed by atoms with van der Waals surface area (Å²) in [7, 11) is 1.51. The molecule has 0 aliphatic carbocycles. The van der Waals surface area contributed by atoms with Gasteiger partial charge in [0.2, 0.25) is 0 Å². The summed E-state index contributed by atoms with van der Waals surface area (Å²) in [5, 5.41) is 30.0. The Labute approximate surface area is 252 Å². The summed E-state index contributed by atoms with van der Waals surface area (Å²) in [5.74, 6) is -0.889. The van der Waals surface area contributed by atoms with Crippen molar-refractivity contribution in [2.75, 3.05) is 11.9 Å². The maximum atomic E-state index is 12.8. The van der Waals surface area contributed by atoms with E-state index in [1.807, 2.05) is 20.8 Å². The fourth-order valence-electron chi connectivity index (χ4n) is 3.84. The molecule has 0 aliphatic heterocycles. The summed E-state index contributed by atoms with van der Waals surface area (Å²) in [6, 6.07) is 18.1. The Bertz CT molecular complexity index is 1640. The van der Waals surface area contributed by atoms with Crippen molar-refractivity contribution in [2.24, 2.45) is 0 Å². The number of aliphatic hydroxyl groups is 1. The maximum absolute atomic E-state index is 12.8. The molecule has 4 rings (SSSR count). The van der Waals surface area contributed by atoms with Gasteiger partial charge in [-0.1, -0.05) is 18.2 Å². The van der Waals surface area contributed by atoms with Crippen molar-refractivity contribution >= 4 is 23.3 Å². The largest absolute Gasteiger partial charge is 0.507 e. The third-order valence-corrected chi connectivity index (χ3v) is 6.09. The van der Waals surface area contributed by atoms with Gasteiger partial charge in [0, 0.05) is 41.8 Å². The van der Waals surface area contributed by atoms with E-state index in [4.69, 9.17) is 15.3 Å². The van der Waals surface area contributed by atoms with Crippen LogP contribution in [0.2, 0.25) is 0 Å². The van der Waals surface area contributed by atoms with Gasteiger partial charge >= 0.3 is 12.1 Å². The third-order valence-electron chi connectivity index (χ3n) is 6.09. The molecule has 3 aromatic carbocycles. The Morgan fingerprint density at radius 2 is 1.64 bits per heavy atom. The highest BCUT2D eigenvalue weighted by atomic mass is 19.4. The van der Waals surface area contributed by atoms with Crippen LogP contribution in [0.25, 0.3) is 5.69 Å². The molecule has 0 bridgehead atoms. The van der Waals surface area contributed by atoms with E-state index in [2.05, 4.69) is 5.10 Å². The Kier molecular flexibility index (Phi) is 10.3. The first-order chi connectivity index (χ1) is 20.5. The summed E-state index contributed by atoms with van der Waals surface area (Å²) in [4.78, 5) is 25.7. The number of aromatic hydroxyl groups is 1. The van der Waals surface area contributed by atoms with Crippen molar-refractivity contribution in [1.82, 2.24) is 9.78 Å². The first kappa shape index (κ1) is 33.5. The molecular weight excluding hydrogens is 577 g/mol. The van der Waals surface area contributed by atoms with Crippen LogP contribution in [0.3, 0.4) is 0 Å². The van der Waals surface area contributed by atoms with Crippen LogP contribution in [0.1, 0.15) is 65.2 Å². The second-order valence-corrected chi connectivity index (χ2v) is 10.7. The topological polar surface area (TPSA) is 129 Å². The Hall–Kier alpha value is -4.97. The van der Waals surface area contributed by atoms with Crippen LogP contribution >= 0.6 is 0 Å². The normalized spacial score (nSPS) is 11.3. The lowest BCUT2D eigenvalue weighted by Crippen LogP contribution is -2.26. The fraction of sp³-hybridized carbons (Fsp3) is 0.250. The number of hydrogen-bond donors (Lipinski definition) is 3. The number of halogens is 3. The number of alkyl halides is 3. The van der Waals surface area contributed by atoms with Crippen molar-refractivity contribution in [1.29, 1.82) is 5.41 Å². The Balaban J connectivity index is 0.000000297. The van der Waals surface area contributed by atoms with Gasteiger partial charge in [0.05, 0.1) is 17.9 Å². The number of phenols is 1. The predicted octanol–water partition coefficient (Wildman–Crippen LogP) is 6.40. The molecule has 3 N–H and O–H groups in total. The van der Waals surface area contributed by atoms with Crippen molar-refractivity contribution in [3.63, 3.8) is 0 Å². The minimum atomic E-state index is -4.55.